The van der Waals surface area contributed by atoms with Gasteiger partial charge in [0.15, 0.2) is 9.84 Å². The predicted octanol–water partition coefficient (Wildman–Crippen LogP) is -0.531. The first-order valence-electron chi connectivity index (χ1n) is 5.33. The highest BCUT2D eigenvalue weighted by Crippen LogP contribution is 2.13. The predicted molar refractivity (Wildman–Crippen MR) is 56.1 cm³/mol. The van der Waals surface area contributed by atoms with Gasteiger partial charge in [0.1, 0.15) is 0 Å². The largest absolute Gasteiger partial charge is 0.314 e. The van der Waals surface area contributed by atoms with Crippen LogP contribution in [0.3, 0.4) is 0 Å². The molecule has 2 heterocycles. The lowest BCUT2D eigenvalue weighted by molar-refractivity contribution is 0.328. The van der Waals surface area contributed by atoms with Crippen molar-refractivity contribution in [3.63, 3.8) is 0 Å². The molecule has 2 aliphatic rings. The van der Waals surface area contributed by atoms with Gasteiger partial charge < -0.3 is 10.2 Å². The summed E-state index contributed by atoms with van der Waals surface area (Å²) in [6, 6.07) is 0. The summed E-state index contributed by atoms with van der Waals surface area (Å²) in [6.45, 7) is 4.14. The molecule has 5 heteroatoms. The quantitative estimate of drug-likeness (QED) is 0.677. The molecule has 0 amide bonds. The molecular weight excluding hydrogens is 200 g/mol. The van der Waals surface area contributed by atoms with Gasteiger partial charge in [0.2, 0.25) is 0 Å². The lowest BCUT2D eigenvalue weighted by Crippen LogP contribution is -2.49. The van der Waals surface area contributed by atoms with Crippen LogP contribution in [0.2, 0.25) is 0 Å². The topological polar surface area (TPSA) is 49.4 Å². The molecule has 0 saturated carbocycles. The average molecular weight is 218 g/mol. The van der Waals surface area contributed by atoms with Gasteiger partial charge in [-0.25, -0.2) is 8.42 Å². The van der Waals surface area contributed by atoms with E-state index in [4.69, 9.17) is 0 Å². The lowest BCUT2D eigenvalue weighted by Gasteiger charge is -2.27. The third-order valence-corrected chi connectivity index (χ3v) is 5.21. The Kier molecular flexibility index (Phi) is 3.09. The summed E-state index contributed by atoms with van der Waals surface area (Å²) in [7, 11) is -2.82. The smallest absolute Gasteiger partial charge is 0.156 e. The molecule has 0 radical (unpaired) electrons. The van der Waals surface area contributed by atoms with Crippen LogP contribution in [0.1, 0.15) is 12.8 Å². The molecule has 0 aliphatic carbocycles. The second kappa shape index (κ2) is 4.16. The minimum atomic E-state index is -2.82. The van der Waals surface area contributed by atoms with Crippen LogP contribution < -0.4 is 5.32 Å². The zero-order valence-corrected chi connectivity index (χ0v) is 9.22. The van der Waals surface area contributed by atoms with Crippen molar-refractivity contribution in [3.05, 3.63) is 0 Å². The van der Waals surface area contributed by atoms with Gasteiger partial charge in [-0.3, -0.25) is 0 Å². The minimum absolute atomic E-state index is 0.172. The van der Waals surface area contributed by atoms with Crippen LogP contribution in [0.15, 0.2) is 0 Å². The van der Waals surface area contributed by atoms with Crippen LogP contribution in [0, 0.1) is 0 Å². The Labute approximate surface area is 85.6 Å². The molecule has 2 fully saturated rings. The summed E-state index contributed by atoms with van der Waals surface area (Å²) in [5.74, 6) is 0.311. The lowest BCUT2D eigenvalue weighted by atomic mass is 10.3. The van der Waals surface area contributed by atoms with Crippen molar-refractivity contribution >= 4 is 9.84 Å². The van der Waals surface area contributed by atoms with Gasteiger partial charge in [-0.2, -0.15) is 0 Å². The van der Waals surface area contributed by atoms with Crippen molar-refractivity contribution in [1.82, 2.24) is 10.2 Å². The first-order valence-corrected chi connectivity index (χ1v) is 7.05. The summed E-state index contributed by atoms with van der Waals surface area (Å²) in [5.41, 5.74) is 0. The SMILES string of the molecule is O=S1(=O)CCNCC1CN1CCCC1. The molecule has 0 spiro atoms. The molecule has 0 bridgehead atoms. The van der Waals surface area contributed by atoms with Crippen LogP contribution in [0.25, 0.3) is 0 Å². The van der Waals surface area contributed by atoms with Crippen LogP contribution in [0.5, 0.6) is 0 Å². The Morgan fingerprint density at radius 1 is 1.29 bits per heavy atom. The fourth-order valence-electron chi connectivity index (χ4n) is 2.20. The number of nitrogens with one attached hydrogen (secondary N) is 1. The number of likely N-dealkylation sites (tertiary alicyclic amines) is 1. The van der Waals surface area contributed by atoms with Crippen LogP contribution in [-0.2, 0) is 9.84 Å². The van der Waals surface area contributed by atoms with E-state index < -0.39 is 9.84 Å². The maximum absolute atomic E-state index is 11.7. The number of sulfone groups is 1. The van der Waals surface area contributed by atoms with E-state index in [1.54, 1.807) is 0 Å². The molecule has 0 aromatic heterocycles. The Bertz CT molecular complexity index is 283. The number of rotatable bonds is 2. The van der Waals surface area contributed by atoms with E-state index in [0.717, 1.165) is 19.6 Å². The molecule has 1 N–H and O–H groups in total. The minimum Gasteiger partial charge on any atom is -0.314 e. The van der Waals surface area contributed by atoms with Gasteiger partial charge in [-0.1, -0.05) is 0 Å². The van der Waals surface area contributed by atoms with Gasteiger partial charge in [-0.15, -0.1) is 0 Å². The second-order valence-electron chi connectivity index (χ2n) is 4.20. The molecule has 0 aromatic rings. The molecule has 2 aliphatic heterocycles. The van der Waals surface area contributed by atoms with Crippen LogP contribution in [0.4, 0.5) is 0 Å². The zero-order valence-electron chi connectivity index (χ0n) is 8.41. The molecular formula is C9H18N2O2S. The van der Waals surface area contributed by atoms with Gasteiger partial charge in [0.25, 0.3) is 0 Å². The van der Waals surface area contributed by atoms with E-state index in [9.17, 15) is 8.42 Å². The number of hydrogen-bond acceptors (Lipinski definition) is 4. The molecule has 14 heavy (non-hydrogen) atoms. The van der Waals surface area contributed by atoms with Gasteiger partial charge in [0, 0.05) is 19.6 Å². The molecule has 1 unspecified atom stereocenters. The summed E-state index contributed by atoms with van der Waals surface area (Å²) in [6.07, 6.45) is 2.44. The highest BCUT2D eigenvalue weighted by atomic mass is 32.2. The number of nitrogens with zero attached hydrogens (tertiary/aromatic N) is 1. The third-order valence-electron chi connectivity index (χ3n) is 3.10. The highest BCUT2D eigenvalue weighted by molar-refractivity contribution is 7.92. The van der Waals surface area contributed by atoms with E-state index >= 15 is 0 Å². The van der Waals surface area contributed by atoms with E-state index in [-0.39, 0.29) is 5.25 Å². The third kappa shape index (κ3) is 2.27. The van der Waals surface area contributed by atoms with Crippen molar-refractivity contribution < 1.29 is 8.42 Å². The fraction of sp³-hybridized carbons (Fsp3) is 1.00. The Balaban J connectivity index is 1.94. The van der Waals surface area contributed by atoms with Crippen LogP contribution >= 0.6 is 0 Å². The summed E-state index contributed by atoms with van der Waals surface area (Å²) in [5, 5.41) is 2.99. The van der Waals surface area contributed by atoms with E-state index in [2.05, 4.69) is 10.2 Å². The van der Waals surface area contributed by atoms with Gasteiger partial charge in [-0.05, 0) is 25.9 Å². The van der Waals surface area contributed by atoms with E-state index in [0.29, 0.717) is 18.8 Å². The molecule has 2 rings (SSSR count). The van der Waals surface area contributed by atoms with Crippen molar-refractivity contribution in [2.45, 2.75) is 18.1 Å². The number of hydrogen-bond donors (Lipinski definition) is 1. The van der Waals surface area contributed by atoms with Crippen molar-refractivity contribution in [1.29, 1.82) is 0 Å². The summed E-state index contributed by atoms with van der Waals surface area (Å²) in [4.78, 5) is 2.27. The Hall–Kier alpha value is -0.130. The van der Waals surface area contributed by atoms with Crippen LogP contribution in [-0.4, -0.2) is 57.0 Å². The van der Waals surface area contributed by atoms with Gasteiger partial charge >= 0.3 is 0 Å². The van der Waals surface area contributed by atoms with E-state index in [1.807, 2.05) is 0 Å². The maximum atomic E-state index is 11.7. The molecule has 82 valence electrons. The highest BCUT2D eigenvalue weighted by Gasteiger charge is 2.30. The van der Waals surface area contributed by atoms with Crippen molar-refractivity contribution in [2.75, 3.05) is 38.5 Å². The van der Waals surface area contributed by atoms with Crippen molar-refractivity contribution in [2.24, 2.45) is 0 Å². The summed E-state index contributed by atoms with van der Waals surface area (Å²) < 4.78 is 23.4. The van der Waals surface area contributed by atoms with Gasteiger partial charge in [0.05, 0.1) is 11.0 Å². The van der Waals surface area contributed by atoms with E-state index in [1.165, 1.54) is 12.8 Å². The zero-order chi connectivity index (χ0) is 10.0. The first kappa shape index (κ1) is 10.4. The Morgan fingerprint density at radius 3 is 2.64 bits per heavy atom. The molecule has 0 aromatic carbocycles. The fourth-order valence-corrected chi connectivity index (χ4v) is 3.77. The maximum Gasteiger partial charge on any atom is 0.156 e. The monoisotopic (exact) mass is 218 g/mol. The Morgan fingerprint density at radius 2 is 2.00 bits per heavy atom. The normalized spacial score (nSPS) is 33.3. The standard InChI is InChI=1S/C9H18N2O2S/c12-14(13)6-3-10-7-9(14)8-11-4-1-2-5-11/h9-10H,1-8H2. The first-order chi connectivity index (χ1) is 6.68. The molecule has 2 saturated heterocycles. The summed E-state index contributed by atoms with van der Waals surface area (Å²) >= 11 is 0. The van der Waals surface area contributed by atoms with Crippen molar-refractivity contribution in [3.8, 4) is 0 Å². The average Bonchev–Trinajstić information content (AvgIpc) is 2.61. The molecule has 4 nitrogen and oxygen atoms in total. The molecule has 1 atom stereocenters. The second-order valence-corrected chi connectivity index (χ2v) is 6.60.